The summed E-state index contributed by atoms with van der Waals surface area (Å²) in [6.45, 7) is 0. The molecule has 0 fully saturated rings. The topological polar surface area (TPSA) is 20.2 Å². The Bertz CT molecular complexity index is 296. The Hall–Kier alpha value is -0.890. The molecule has 1 aliphatic carbocycles. The molecule has 1 unspecified atom stereocenters. The Labute approximate surface area is 70.8 Å². The molecule has 1 N–H and O–H groups in total. The van der Waals surface area contributed by atoms with Crippen LogP contribution < -0.4 is 0 Å². The molecule has 2 heteroatoms. The van der Waals surface area contributed by atoms with Crippen molar-refractivity contribution in [2.24, 2.45) is 0 Å². The van der Waals surface area contributed by atoms with E-state index < -0.39 is 0 Å². The standard InChI is InChI=1S/C10H11FO/c11-10-3-1-2-7-6-8(12)4-5-9(7)10/h1-3,8,12H,4-6H2. The van der Waals surface area contributed by atoms with Gasteiger partial charge >= 0.3 is 0 Å². The van der Waals surface area contributed by atoms with Crippen LogP contribution in [0.2, 0.25) is 0 Å². The predicted octanol–water partition coefficient (Wildman–Crippen LogP) is 1.68. The summed E-state index contributed by atoms with van der Waals surface area (Å²) in [6.07, 6.45) is 1.68. The Balaban J connectivity index is 2.42. The van der Waals surface area contributed by atoms with Crippen LogP contribution in [0.25, 0.3) is 0 Å². The van der Waals surface area contributed by atoms with Gasteiger partial charge in [0.1, 0.15) is 5.82 Å². The maximum absolute atomic E-state index is 13.1. The molecule has 0 aromatic heterocycles. The maximum Gasteiger partial charge on any atom is 0.126 e. The van der Waals surface area contributed by atoms with Crippen molar-refractivity contribution in [2.45, 2.75) is 25.4 Å². The van der Waals surface area contributed by atoms with Crippen LogP contribution in [0.5, 0.6) is 0 Å². The molecular formula is C10H11FO. The Morgan fingerprint density at radius 1 is 1.42 bits per heavy atom. The number of halogens is 1. The van der Waals surface area contributed by atoms with Crippen LogP contribution in [-0.4, -0.2) is 11.2 Å². The Kier molecular flexibility index (Phi) is 1.85. The average molecular weight is 166 g/mol. The van der Waals surface area contributed by atoms with Crippen LogP contribution >= 0.6 is 0 Å². The number of aliphatic hydroxyl groups is 1. The van der Waals surface area contributed by atoms with Gasteiger partial charge in [0.15, 0.2) is 0 Å². The van der Waals surface area contributed by atoms with E-state index in [4.69, 9.17) is 0 Å². The minimum Gasteiger partial charge on any atom is -0.393 e. The third kappa shape index (κ3) is 1.23. The zero-order valence-electron chi connectivity index (χ0n) is 6.76. The molecule has 0 aliphatic heterocycles. The summed E-state index contributed by atoms with van der Waals surface area (Å²) >= 11 is 0. The molecule has 0 radical (unpaired) electrons. The van der Waals surface area contributed by atoms with Gasteiger partial charge in [0.25, 0.3) is 0 Å². The zero-order valence-corrected chi connectivity index (χ0v) is 6.76. The van der Waals surface area contributed by atoms with E-state index in [2.05, 4.69) is 0 Å². The molecule has 0 saturated heterocycles. The Morgan fingerprint density at radius 3 is 3.08 bits per heavy atom. The minimum absolute atomic E-state index is 0.126. The highest BCUT2D eigenvalue weighted by atomic mass is 19.1. The fourth-order valence-electron chi connectivity index (χ4n) is 1.74. The fraction of sp³-hybridized carbons (Fsp3) is 0.400. The van der Waals surface area contributed by atoms with Gasteiger partial charge in [-0.15, -0.1) is 0 Å². The summed E-state index contributed by atoms with van der Waals surface area (Å²) in [5, 5.41) is 9.32. The minimum atomic E-state index is -0.278. The quantitative estimate of drug-likeness (QED) is 0.621. The smallest absolute Gasteiger partial charge is 0.126 e. The van der Waals surface area contributed by atoms with Gasteiger partial charge in [-0.3, -0.25) is 0 Å². The van der Waals surface area contributed by atoms with Gasteiger partial charge < -0.3 is 5.11 Å². The molecule has 1 aromatic rings. The SMILES string of the molecule is OC1CCc2c(F)cccc2C1. The van der Waals surface area contributed by atoms with Crippen LogP contribution in [0.3, 0.4) is 0 Å². The molecular weight excluding hydrogens is 155 g/mol. The van der Waals surface area contributed by atoms with Crippen molar-refractivity contribution in [2.75, 3.05) is 0 Å². The molecule has 64 valence electrons. The van der Waals surface area contributed by atoms with Gasteiger partial charge in [-0.05, 0) is 36.5 Å². The lowest BCUT2D eigenvalue weighted by Gasteiger charge is -2.20. The largest absolute Gasteiger partial charge is 0.393 e. The fourth-order valence-corrected chi connectivity index (χ4v) is 1.74. The van der Waals surface area contributed by atoms with Crippen LogP contribution in [0, 0.1) is 5.82 Å². The molecule has 0 bridgehead atoms. The van der Waals surface area contributed by atoms with Crippen LogP contribution in [0.1, 0.15) is 17.5 Å². The Morgan fingerprint density at radius 2 is 2.25 bits per heavy atom. The second-order valence-electron chi connectivity index (χ2n) is 3.27. The zero-order chi connectivity index (χ0) is 8.55. The van der Waals surface area contributed by atoms with Crippen molar-refractivity contribution >= 4 is 0 Å². The number of rotatable bonds is 0. The third-order valence-corrected chi connectivity index (χ3v) is 2.40. The van der Waals surface area contributed by atoms with Crippen LogP contribution in [0.15, 0.2) is 18.2 Å². The lowest BCUT2D eigenvalue weighted by Crippen LogP contribution is -2.19. The number of benzene rings is 1. The summed E-state index contributed by atoms with van der Waals surface area (Å²) in [7, 11) is 0. The molecule has 0 spiro atoms. The molecule has 12 heavy (non-hydrogen) atoms. The summed E-state index contributed by atoms with van der Waals surface area (Å²) < 4.78 is 13.1. The van der Waals surface area contributed by atoms with E-state index in [0.717, 1.165) is 11.1 Å². The van der Waals surface area contributed by atoms with E-state index in [0.29, 0.717) is 19.3 Å². The summed E-state index contributed by atoms with van der Waals surface area (Å²) in [4.78, 5) is 0. The van der Waals surface area contributed by atoms with E-state index in [1.807, 2.05) is 6.07 Å². The lowest BCUT2D eigenvalue weighted by atomic mass is 9.89. The highest BCUT2D eigenvalue weighted by molar-refractivity contribution is 5.31. The number of hydrogen-bond acceptors (Lipinski definition) is 1. The van der Waals surface area contributed by atoms with Gasteiger partial charge in [0.2, 0.25) is 0 Å². The summed E-state index contributed by atoms with van der Waals surface area (Å²) in [5.74, 6) is -0.126. The molecule has 1 aliphatic rings. The first kappa shape index (κ1) is 7.74. The average Bonchev–Trinajstić information content (AvgIpc) is 2.04. The summed E-state index contributed by atoms with van der Waals surface area (Å²) in [6, 6.07) is 5.07. The molecule has 0 saturated carbocycles. The molecule has 1 atom stereocenters. The number of fused-ring (bicyclic) bond motifs is 1. The van der Waals surface area contributed by atoms with E-state index in [-0.39, 0.29) is 11.9 Å². The van der Waals surface area contributed by atoms with Gasteiger partial charge in [0.05, 0.1) is 6.10 Å². The van der Waals surface area contributed by atoms with Gasteiger partial charge in [-0.25, -0.2) is 4.39 Å². The van der Waals surface area contributed by atoms with E-state index in [1.54, 1.807) is 6.07 Å². The second kappa shape index (κ2) is 2.87. The van der Waals surface area contributed by atoms with Crippen LogP contribution in [-0.2, 0) is 12.8 Å². The molecule has 1 aromatic carbocycles. The van der Waals surface area contributed by atoms with Gasteiger partial charge in [-0.2, -0.15) is 0 Å². The second-order valence-corrected chi connectivity index (χ2v) is 3.27. The highest BCUT2D eigenvalue weighted by Crippen LogP contribution is 2.23. The molecule has 0 heterocycles. The maximum atomic E-state index is 13.1. The van der Waals surface area contributed by atoms with Gasteiger partial charge in [0, 0.05) is 0 Å². The van der Waals surface area contributed by atoms with Crippen molar-refractivity contribution in [1.82, 2.24) is 0 Å². The van der Waals surface area contributed by atoms with Crippen molar-refractivity contribution in [1.29, 1.82) is 0 Å². The van der Waals surface area contributed by atoms with Gasteiger partial charge in [-0.1, -0.05) is 12.1 Å². The molecule has 0 amide bonds. The molecule has 2 rings (SSSR count). The van der Waals surface area contributed by atoms with Crippen molar-refractivity contribution in [3.63, 3.8) is 0 Å². The van der Waals surface area contributed by atoms with E-state index in [1.165, 1.54) is 6.07 Å². The first-order chi connectivity index (χ1) is 5.77. The third-order valence-electron chi connectivity index (χ3n) is 2.40. The van der Waals surface area contributed by atoms with Crippen molar-refractivity contribution in [3.05, 3.63) is 35.1 Å². The van der Waals surface area contributed by atoms with Crippen LogP contribution in [0.4, 0.5) is 4.39 Å². The van der Waals surface area contributed by atoms with E-state index >= 15 is 0 Å². The number of hydrogen-bond donors (Lipinski definition) is 1. The first-order valence-corrected chi connectivity index (χ1v) is 4.21. The summed E-state index contributed by atoms with van der Waals surface area (Å²) in [5.41, 5.74) is 1.76. The first-order valence-electron chi connectivity index (χ1n) is 4.21. The normalized spacial score (nSPS) is 22.0. The lowest BCUT2D eigenvalue weighted by molar-refractivity contribution is 0.158. The predicted molar refractivity (Wildman–Crippen MR) is 44.4 cm³/mol. The number of aliphatic hydroxyl groups excluding tert-OH is 1. The van der Waals surface area contributed by atoms with Crippen molar-refractivity contribution < 1.29 is 9.50 Å². The van der Waals surface area contributed by atoms with Crippen molar-refractivity contribution in [3.8, 4) is 0 Å². The van der Waals surface area contributed by atoms with E-state index in [9.17, 15) is 9.50 Å². The monoisotopic (exact) mass is 166 g/mol. The highest BCUT2D eigenvalue weighted by Gasteiger charge is 2.18. The molecule has 1 nitrogen and oxygen atoms in total.